The van der Waals surface area contributed by atoms with Gasteiger partial charge < -0.3 is 15.4 Å². The van der Waals surface area contributed by atoms with E-state index in [0.717, 1.165) is 16.8 Å². The third-order valence-corrected chi connectivity index (χ3v) is 4.02. The maximum absolute atomic E-state index is 12.6. The zero-order chi connectivity index (χ0) is 18.9. The first-order chi connectivity index (χ1) is 12.5. The number of hydrogen-bond donors (Lipinski definition) is 2. The summed E-state index contributed by atoms with van der Waals surface area (Å²) in [5.41, 5.74) is 2.73. The van der Waals surface area contributed by atoms with E-state index in [0.29, 0.717) is 5.92 Å². The Balaban J connectivity index is 2.12. The predicted octanol–water partition coefficient (Wildman–Crippen LogP) is 4.63. The molecule has 0 saturated heterocycles. The molecule has 2 aromatic carbocycles. The van der Waals surface area contributed by atoms with Crippen LogP contribution in [0.2, 0.25) is 0 Å². The van der Waals surface area contributed by atoms with Crippen molar-refractivity contribution in [1.29, 1.82) is 0 Å². The van der Waals surface area contributed by atoms with E-state index in [9.17, 15) is 9.59 Å². The average Bonchev–Trinajstić information content (AvgIpc) is 2.62. The van der Waals surface area contributed by atoms with Crippen molar-refractivity contribution in [3.63, 3.8) is 0 Å². The zero-order valence-corrected chi connectivity index (χ0v) is 15.5. The van der Waals surface area contributed by atoms with Crippen LogP contribution >= 0.6 is 0 Å². The molecule has 2 N–H and O–H groups in total. The molecule has 0 aliphatic heterocycles. The Morgan fingerprint density at radius 1 is 1.00 bits per heavy atom. The van der Waals surface area contributed by atoms with E-state index in [1.54, 1.807) is 6.92 Å². The van der Waals surface area contributed by atoms with Gasteiger partial charge in [0.05, 0.1) is 19.1 Å². The van der Waals surface area contributed by atoms with Gasteiger partial charge in [0.25, 0.3) is 0 Å². The predicted molar refractivity (Wildman–Crippen MR) is 103 cm³/mol. The second kappa shape index (κ2) is 9.61. The Morgan fingerprint density at radius 2 is 1.65 bits per heavy atom. The number of rotatable bonds is 7. The third kappa shape index (κ3) is 5.62. The molecule has 0 radical (unpaired) electrons. The lowest BCUT2D eigenvalue weighted by molar-refractivity contribution is -0.116. The summed E-state index contributed by atoms with van der Waals surface area (Å²) < 4.78 is 4.96. The molecular formula is C21H26N2O3. The minimum absolute atomic E-state index is 0.120. The second-order valence-corrected chi connectivity index (χ2v) is 6.32. The molecule has 2 amide bonds. The molecular weight excluding hydrogens is 328 g/mol. The Bertz CT molecular complexity index is 729. The number of amides is 2. The third-order valence-electron chi connectivity index (χ3n) is 4.02. The molecule has 0 saturated carbocycles. The number of benzene rings is 2. The van der Waals surface area contributed by atoms with Crippen LogP contribution in [0.25, 0.3) is 0 Å². The molecule has 0 spiro atoms. The summed E-state index contributed by atoms with van der Waals surface area (Å²) in [5, 5.41) is 5.73. The summed E-state index contributed by atoms with van der Waals surface area (Å²) in [6, 6.07) is 16.7. The van der Waals surface area contributed by atoms with Crippen LogP contribution in [0.4, 0.5) is 10.5 Å². The highest BCUT2D eigenvalue weighted by Crippen LogP contribution is 2.25. The summed E-state index contributed by atoms with van der Waals surface area (Å²) in [5.74, 6) is 0.137. The lowest BCUT2D eigenvalue weighted by atomic mass is 10.0. The van der Waals surface area contributed by atoms with Gasteiger partial charge in [0.15, 0.2) is 0 Å². The molecule has 0 aliphatic carbocycles. The van der Waals surface area contributed by atoms with Gasteiger partial charge >= 0.3 is 6.09 Å². The fourth-order valence-electron chi connectivity index (χ4n) is 2.75. The van der Waals surface area contributed by atoms with Crippen molar-refractivity contribution in [2.45, 2.75) is 39.2 Å². The van der Waals surface area contributed by atoms with Crippen molar-refractivity contribution < 1.29 is 14.3 Å². The van der Waals surface area contributed by atoms with Crippen molar-refractivity contribution in [2.24, 2.45) is 0 Å². The smallest absolute Gasteiger partial charge is 0.407 e. The second-order valence-electron chi connectivity index (χ2n) is 6.32. The minimum atomic E-state index is -0.531. The first-order valence-corrected chi connectivity index (χ1v) is 8.88. The van der Waals surface area contributed by atoms with Gasteiger partial charge in [0.1, 0.15) is 0 Å². The van der Waals surface area contributed by atoms with E-state index < -0.39 is 12.1 Å². The van der Waals surface area contributed by atoms with Crippen LogP contribution in [0.3, 0.4) is 0 Å². The van der Waals surface area contributed by atoms with E-state index in [-0.39, 0.29) is 18.9 Å². The van der Waals surface area contributed by atoms with E-state index in [1.807, 2.05) is 54.6 Å². The highest BCUT2D eigenvalue weighted by Gasteiger charge is 2.19. The quantitative estimate of drug-likeness (QED) is 0.762. The highest BCUT2D eigenvalue weighted by atomic mass is 16.5. The number of para-hydroxylation sites is 1. The number of alkyl carbamates (subject to hydrolysis) is 1. The van der Waals surface area contributed by atoms with E-state index in [1.165, 1.54) is 0 Å². The van der Waals surface area contributed by atoms with Crippen LogP contribution in [-0.2, 0) is 9.53 Å². The first kappa shape index (κ1) is 19.5. The Labute approximate surface area is 154 Å². The molecule has 0 aliphatic rings. The Hall–Kier alpha value is -2.82. The summed E-state index contributed by atoms with van der Waals surface area (Å²) >= 11 is 0. The van der Waals surface area contributed by atoms with Crippen molar-refractivity contribution in [3.8, 4) is 0 Å². The van der Waals surface area contributed by atoms with Gasteiger partial charge in [-0.1, -0.05) is 62.4 Å². The molecule has 5 nitrogen and oxygen atoms in total. The molecule has 1 atom stereocenters. The molecule has 0 heterocycles. The Morgan fingerprint density at radius 3 is 2.31 bits per heavy atom. The minimum Gasteiger partial charge on any atom is -0.450 e. The molecule has 5 heteroatoms. The van der Waals surface area contributed by atoms with Crippen LogP contribution in [-0.4, -0.2) is 18.6 Å². The lowest BCUT2D eigenvalue weighted by Crippen LogP contribution is -2.32. The molecule has 138 valence electrons. The van der Waals surface area contributed by atoms with Gasteiger partial charge in [-0.25, -0.2) is 4.79 Å². The molecule has 1 unspecified atom stereocenters. The maximum Gasteiger partial charge on any atom is 0.407 e. The zero-order valence-electron chi connectivity index (χ0n) is 15.5. The fourth-order valence-corrected chi connectivity index (χ4v) is 2.75. The number of nitrogens with one attached hydrogen (secondary N) is 2. The molecule has 2 aromatic rings. The molecule has 0 fully saturated rings. The highest BCUT2D eigenvalue weighted by molar-refractivity contribution is 5.92. The van der Waals surface area contributed by atoms with E-state index in [2.05, 4.69) is 24.5 Å². The van der Waals surface area contributed by atoms with Crippen LogP contribution in [0.5, 0.6) is 0 Å². The summed E-state index contributed by atoms with van der Waals surface area (Å²) in [7, 11) is 0. The molecule has 0 aromatic heterocycles. The number of hydrogen-bond acceptors (Lipinski definition) is 3. The van der Waals surface area contributed by atoms with Crippen molar-refractivity contribution >= 4 is 17.7 Å². The average molecular weight is 354 g/mol. The number of carbonyl (C=O) groups is 2. The standard InChI is InChI=1S/C21H26N2O3/c1-4-26-21(25)23-19(16-10-6-5-7-11-16)14-20(24)22-18-13-9-8-12-17(18)15(2)3/h5-13,15,19H,4,14H2,1-3H3,(H,22,24)(H,23,25). The van der Waals surface area contributed by atoms with Gasteiger partial charge in [-0.3, -0.25) is 4.79 Å². The van der Waals surface area contributed by atoms with Crippen molar-refractivity contribution in [1.82, 2.24) is 5.32 Å². The first-order valence-electron chi connectivity index (χ1n) is 8.88. The monoisotopic (exact) mass is 354 g/mol. The summed E-state index contributed by atoms with van der Waals surface area (Å²) in [4.78, 5) is 24.5. The van der Waals surface area contributed by atoms with Gasteiger partial charge in [0, 0.05) is 5.69 Å². The largest absolute Gasteiger partial charge is 0.450 e. The van der Waals surface area contributed by atoms with Gasteiger partial charge in [-0.15, -0.1) is 0 Å². The van der Waals surface area contributed by atoms with Gasteiger partial charge in [-0.05, 0) is 30.0 Å². The van der Waals surface area contributed by atoms with Gasteiger partial charge in [-0.2, -0.15) is 0 Å². The number of carbonyl (C=O) groups excluding carboxylic acids is 2. The fraction of sp³-hybridized carbons (Fsp3) is 0.333. The summed E-state index contributed by atoms with van der Waals surface area (Å²) in [6.45, 7) is 6.19. The van der Waals surface area contributed by atoms with E-state index >= 15 is 0 Å². The van der Waals surface area contributed by atoms with Crippen molar-refractivity contribution in [2.75, 3.05) is 11.9 Å². The number of anilines is 1. The SMILES string of the molecule is CCOC(=O)NC(CC(=O)Nc1ccccc1C(C)C)c1ccccc1. The van der Waals surface area contributed by atoms with Crippen LogP contribution in [0.15, 0.2) is 54.6 Å². The lowest BCUT2D eigenvalue weighted by Gasteiger charge is -2.19. The number of ether oxygens (including phenoxy) is 1. The normalized spacial score (nSPS) is 11.7. The molecule has 0 bridgehead atoms. The topological polar surface area (TPSA) is 67.4 Å². The van der Waals surface area contributed by atoms with Crippen LogP contribution in [0, 0.1) is 0 Å². The Kier molecular flexibility index (Phi) is 7.21. The van der Waals surface area contributed by atoms with Crippen molar-refractivity contribution in [3.05, 3.63) is 65.7 Å². The molecule has 2 rings (SSSR count). The van der Waals surface area contributed by atoms with Crippen LogP contribution < -0.4 is 10.6 Å². The summed E-state index contributed by atoms with van der Waals surface area (Å²) in [6.07, 6.45) is -0.411. The van der Waals surface area contributed by atoms with Gasteiger partial charge in [0.2, 0.25) is 5.91 Å². The van der Waals surface area contributed by atoms with Crippen LogP contribution in [0.1, 0.15) is 50.3 Å². The molecule has 26 heavy (non-hydrogen) atoms. The maximum atomic E-state index is 12.6. The van der Waals surface area contributed by atoms with E-state index in [4.69, 9.17) is 4.74 Å².